The highest BCUT2D eigenvalue weighted by Gasteiger charge is 2.36. The van der Waals surface area contributed by atoms with Crippen LogP contribution in [-0.4, -0.2) is 50.2 Å². The molecule has 120 valence electrons. The zero-order chi connectivity index (χ0) is 15.8. The smallest absolute Gasteiger partial charge is 0.259 e. The number of aromatic nitrogens is 3. The van der Waals surface area contributed by atoms with Crippen LogP contribution in [0, 0.1) is 11.8 Å². The molecule has 0 aromatic carbocycles. The van der Waals surface area contributed by atoms with Crippen molar-refractivity contribution in [3.8, 4) is 0 Å². The minimum Gasteiger partial charge on any atom is -0.396 e. The third-order valence-electron chi connectivity index (χ3n) is 4.95. The Morgan fingerprint density at radius 1 is 1.22 bits per heavy atom. The molecule has 2 aromatic rings. The van der Waals surface area contributed by atoms with Crippen molar-refractivity contribution in [1.29, 1.82) is 0 Å². The van der Waals surface area contributed by atoms with Crippen molar-refractivity contribution in [1.82, 2.24) is 19.5 Å². The summed E-state index contributed by atoms with van der Waals surface area (Å²) in [6, 6.07) is 0. The highest BCUT2D eigenvalue weighted by molar-refractivity contribution is 5.99. The Bertz CT molecular complexity index is 751. The van der Waals surface area contributed by atoms with Gasteiger partial charge in [0, 0.05) is 32.1 Å². The van der Waals surface area contributed by atoms with E-state index in [2.05, 4.69) is 22.2 Å². The summed E-state index contributed by atoms with van der Waals surface area (Å²) in [6.45, 7) is 1.73. The summed E-state index contributed by atoms with van der Waals surface area (Å²) in [4.78, 5) is 19.2. The van der Waals surface area contributed by atoms with Gasteiger partial charge in [0.25, 0.3) is 5.91 Å². The van der Waals surface area contributed by atoms with Crippen LogP contribution in [0.4, 0.5) is 0 Å². The molecule has 1 N–H and O–H groups in total. The lowest BCUT2D eigenvalue weighted by Crippen LogP contribution is -2.29. The molecule has 0 radical (unpaired) electrons. The summed E-state index contributed by atoms with van der Waals surface area (Å²) in [7, 11) is 0. The van der Waals surface area contributed by atoms with Crippen LogP contribution in [0.2, 0.25) is 0 Å². The van der Waals surface area contributed by atoms with Gasteiger partial charge in [0.15, 0.2) is 5.65 Å². The molecule has 2 aliphatic rings. The molecule has 2 atom stereocenters. The Morgan fingerprint density at radius 3 is 2.65 bits per heavy atom. The summed E-state index contributed by atoms with van der Waals surface area (Å²) in [5, 5.41) is 13.3. The normalized spacial score (nSPS) is 23.4. The first-order valence-corrected chi connectivity index (χ1v) is 8.13. The number of carbonyl (C=O) groups excluding carboxylic acids is 1. The fraction of sp³-hybridized carbons (Fsp3) is 0.471. The van der Waals surface area contributed by atoms with Crippen molar-refractivity contribution in [2.75, 3.05) is 19.7 Å². The van der Waals surface area contributed by atoms with E-state index in [1.54, 1.807) is 16.9 Å². The van der Waals surface area contributed by atoms with E-state index < -0.39 is 0 Å². The maximum absolute atomic E-state index is 12.8. The number of hydrogen-bond donors (Lipinski definition) is 1. The number of aliphatic hydroxyl groups excluding tert-OH is 1. The number of amides is 1. The summed E-state index contributed by atoms with van der Waals surface area (Å²) < 4.78 is 1.63. The quantitative estimate of drug-likeness (QED) is 0.867. The number of fused-ring (bicyclic) bond motifs is 2. The van der Waals surface area contributed by atoms with Crippen molar-refractivity contribution < 1.29 is 9.90 Å². The van der Waals surface area contributed by atoms with E-state index in [4.69, 9.17) is 5.11 Å². The van der Waals surface area contributed by atoms with Gasteiger partial charge in [0.05, 0.1) is 6.20 Å². The van der Waals surface area contributed by atoms with E-state index in [1.165, 1.54) is 0 Å². The van der Waals surface area contributed by atoms with Gasteiger partial charge in [-0.2, -0.15) is 5.10 Å². The van der Waals surface area contributed by atoms with Crippen LogP contribution >= 0.6 is 0 Å². The molecule has 0 saturated carbocycles. The van der Waals surface area contributed by atoms with Gasteiger partial charge in [-0.1, -0.05) is 12.2 Å². The molecule has 4 rings (SSSR count). The van der Waals surface area contributed by atoms with E-state index in [-0.39, 0.29) is 12.5 Å². The van der Waals surface area contributed by atoms with Gasteiger partial charge in [-0.05, 0) is 36.7 Å². The van der Waals surface area contributed by atoms with Crippen LogP contribution in [0.1, 0.15) is 28.8 Å². The monoisotopic (exact) mass is 312 g/mol. The predicted octanol–water partition coefficient (Wildman–Crippen LogP) is 1.30. The molecule has 6 heteroatoms. The molecule has 23 heavy (non-hydrogen) atoms. The van der Waals surface area contributed by atoms with Crippen LogP contribution in [0.3, 0.4) is 0 Å². The zero-order valence-electron chi connectivity index (χ0n) is 12.9. The first-order chi connectivity index (χ1) is 11.3. The summed E-state index contributed by atoms with van der Waals surface area (Å²) in [5.41, 5.74) is 2.05. The molecule has 0 bridgehead atoms. The van der Waals surface area contributed by atoms with Crippen LogP contribution in [-0.2, 0) is 6.42 Å². The molecule has 1 fully saturated rings. The molecule has 1 aliphatic heterocycles. The van der Waals surface area contributed by atoms with Crippen LogP contribution in [0.5, 0.6) is 0 Å². The first kappa shape index (κ1) is 14.4. The van der Waals surface area contributed by atoms with Crippen molar-refractivity contribution in [2.24, 2.45) is 11.8 Å². The zero-order valence-corrected chi connectivity index (χ0v) is 12.9. The number of likely N-dealkylation sites (tertiary alicyclic amines) is 1. The SMILES string of the molecule is O=C(c1cnn2cc(CCO)cnc12)N1C[C@H]2CC=CC[C@H]2C1. The number of rotatable bonds is 3. The first-order valence-electron chi connectivity index (χ1n) is 8.13. The maximum Gasteiger partial charge on any atom is 0.259 e. The van der Waals surface area contributed by atoms with Gasteiger partial charge < -0.3 is 10.0 Å². The minimum absolute atomic E-state index is 0.0248. The Balaban J connectivity index is 1.58. The molecule has 2 aromatic heterocycles. The largest absolute Gasteiger partial charge is 0.396 e. The molecule has 1 amide bonds. The molecular weight excluding hydrogens is 292 g/mol. The summed E-state index contributed by atoms with van der Waals surface area (Å²) >= 11 is 0. The van der Waals surface area contributed by atoms with Gasteiger partial charge >= 0.3 is 0 Å². The highest BCUT2D eigenvalue weighted by atomic mass is 16.3. The van der Waals surface area contributed by atoms with Gasteiger partial charge in [0.1, 0.15) is 5.56 Å². The van der Waals surface area contributed by atoms with E-state index >= 15 is 0 Å². The molecule has 6 nitrogen and oxygen atoms in total. The molecule has 1 saturated heterocycles. The van der Waals surface area contributed by atoms with Gasteiger partial charge in [-0.25, -0.2) is 9.50 Å². The van der Waals surface area contributed by atoms with Gasteiger partial charge in [0.2, 0.25) is 0 Å². The second-order valence-corrected chi connectivity index (χ2v) is 6.44. The number of nitrogens with zero attached hydrogens (tertiary/aromatic N) is 4. The van der Waals surface area contributed by atoms with Gasteiger partial charge in [-0.15, -0.1) is 0 Å². The van der Waals surface area contributed by atoms with Crippen molar-refractivity contribution in [3.05, 3.63) is 41.9 Å². The molecule has 3 heterocycles. The van der Waals surface area contributed by atoms with Crippen LogP contribution in [0.25, 0.3) is 5.65 Å². The second kappa shape index (κ2) is 5.77. The predicted molar refractivity (Wildman–Crippen MR) is 85.0 cm³/mol. The Labute approximate surface area is 134 Å². The third-order valence-corrected chi connectivity index (χ3v) is 4.95. The average Bonchev–Trinajstić information content (AvgIpc) is 3.18. The topological polar surface area (TPSA) is 70.7 Å². The average molecular weight is 312 g/mol. The van der Waals surface area contributed by atoms with Crippen molar-refractivity contribution in [3.63, 3.8) is 0 Å². The standard InChI is InChI=1S/C17H20N4O2/c22-6-5-12-7-18-16-15(8-19-21(16)9-12)17(23)20-10-13-3-1-2-4-14(13)11-20/h1-2,7-9,13-14,22H,3-6,10-11H2/t13-,14+. The maximum atomic E-state index is 12.8. The minimum atomic E-state index is 0.0248. The lowest BCUT2D eigenvalue weighted by atomic mass is 9.86. The fourth-order valence-electron chi connectivity index (χ4n) is 3.67. The Hall–Kier alpha value is -2.21. The summed E-state index contributed by atoms with van der Waals surface area (Å²) in [5.74, 6) is 1.21. The van der Waals surface area contributed by atoms with Crippen LogP contribution in [0.15, 0.2) is 30.7 Å². The van der Waals surface area contributed by atoms with Crippen molar-refractivity contribution in [2.45, 2.75) is 19.3 Å². The number of allylic oxidation sites excluding steroid dienone is 2. The third kappa shape index (κ3) is 2.53. The Morgan fingerprint density at radius 2 is 1.96 bits per heavy atom. The molecule has 0 unspecified atom stereocenters. The van der Waals surface area contributed by atoms with E-state index in [0.717, 1.165) is 31.5 Å². The fourth-order valence-corrected chi connectivity index (χ4v) is 3.67. The number of hydrogen-bond acceptors (Lipinski definition) is 4. The molecule has 0 spiro atoms. The Kier molecular flexibility index (Phi) is 3.61. The van der Waals surface area contributed by atoms with Crippen LogP contribution < -0.4 is 0 Å². The van der Waals surface area contributed by atoms with Crippen molar-refractivity contribution >= 4 is 11.6 Å². The highest BCUT2D eigenvalue weighted by Crippen LogP contribution is 2.33. The lowest BCUT2D eigenvalue weighted by molar-refractivity contribution is 0.0786. The van der Waals surface area contributed by atoms with E-state index in [9.17, 15) is 4.79 Å². The lowest BCUT2D eigenvalue weighted by Gasteiger charge is -2.17. The van der Waals surface area contributed by atoms with E-state index in [1.807, 2.05) is 11.1 Å². The molecular formula is C17H20N4O2. The second-order valence-electron chi connectivity index (χ2n) is 6.44. The van der Waals surface area contributed by atoms with Gasteiger partial charge in [-0.3, -0.25) is 4.79 Å². The number of aliphatic hydroxyl groups is 1. The number of carbonyl (C=O) groups is 1. The summed E-state index contributed by atoms with van der Waals surface area (Å²) in [6.07, 6.45) is 12.3. The molecule has 1 aliphatic carbocycles. The van der Waals surface area contributed by atoms with E-state index in [0.29, 0.717) is 29.5 Å².